The van der Waals surface area contributed by atoms with Crippen LogP contribution in [-0.2, 0) is 0 Å². The number of hydrogen-bond acceptors (Lipinski definition) is 1. The molecule has 1 saturated heterocycles. The molecule has 19 heavy (non-hydrogen) atoms. The van der Waals surface area contributed by atoms with Gasteiger partial charge in [-0.3, -0.25) is 4.90 Å². The van der Waals surface area contributed by atoms with Crippen molar-refractivity contribution in [1.82, 2.24) is 4.90 Å². The fourth-order valence-electron chi connectivity index (χ4n) is 2.74. The molecular weight excluding hydrogens is 298 g/mol. The highest BCUT2D eigenvalue weighted by Gasteiger charge is 2.31. The van der Waals surface area contributed by atoms with Crippen LogP contribution in [0.5, 0.6) is 0 Å². The lowest BCUT2D eigenvalue weighted by atomic mass is 9.89. The van der Waals surface area contributed by atoms with E-state index < -0.39 is 0 Å². The summed E-state index contributed by atoms with van der Waals surface area (Å²) in [5.41, 5.74) is 2.86. The van der Waals surface area contributed by atoms with Crippen LogP contribution < -0.4 is 0 Å². The van der Waals surface area contributed by atoms with Gasteiger partial charge in [-0.25, -0.2) is 0 Å². The van der Waals surface area contributed by atoms with Crippen molar-refractivity contribution < 1.29 is 0 Å². The summed E-state index contributed by atoms with van der Waals surface area (Å²) in [7, 11) is 0. The first kappa shape index (κ1) is 12.9. The number of nitrogens with zero attached hydrogens (tertiary/aromatic N) is 1. The van der Waals surface area contributed by atoms with Gasteiger partial charge in [-0.2, -0.15) is 0 Å². The lowest BCUT2D eigenvalue weighted by Crippen LogP contribution is -2.46. The lowest BCUT2D eigenvalue weighted by Gasteiger charge is -2.43. The number of hydrogen-bond donors (Lipinski definition) is 0. The van der Waals surface area contributed by atoms with Gasteiger partial charge in [-0.05, 0) is 30.2 Å². The molecule has 0 amide bonds. The van der Waals surface area contributed by atoms with Crippen LogP contribution in [0.2, 0.25) is 0 Å². The Morgan fingerprint density at radius 3 is 2.47 bits per heavy atom. The summed E-state index contributed by atoms with van der Waals surface area (Å²) in [6.07, 6.45) is 0. The van der Waals surface area contributed by atoms with Gasteiger partial charge in [0.05, 0.1) is 0 Å². The molecule has 3 rings (SSSR count). The van der Waals surface area contributed by atoms with Crippen molar-refractivity contribution >= 4 is 15.9 Å². The highest BCUT2D eigenvalue weighted by Crippen LogP contribution is 2.34. The molecule has 2 aromatic rings. The highest BCUT2D eigenvalue weighted by molar-refractivity contribution is 9.10. The molecule has 2 heteroatoms. The van der Waals surface area contributed by atoms with Crippen LogP contribution in [0.3, 0.4) is 0 Å². The minimum Gasteiger partial charge on any atom is -0.295 e. The molecule has 0 saturated carbocycles. The van der Waals surface area contributed by atoms with Crippen LogP contribution in [0.1, 0.15) is 30.0 Å². The molecule has 1 unspecified atom stereocenters. The van der Waals surface area contributed by atoms with Gasteiger partial charge in [0.1, 0.15) is 0 Å². The summed E-state index contributed by atoms with van der Waals surface area (Å²) in [6.45, 7) is 4.62. The molecule has 1 aliphatic rings. The third-order valence-corrected chi connectivity index (χ3v) is 4.55. The van der Waals surface area contributed by atoms with E-state index in [1.165, 1.54) is 11.1 Å². The van der Waals surface area contributed by atoms with Crippen molar-refractivity contribution in [1.29, 1.82) is 0 Å². The molecule has 0 radical (unpaired) electrons. The van der Waals surface area contributed by atoms with E-state index in [0.29, 0.717) is 12.0 Å². The maximum absolute atomic E-state index is 3.55. The van der Waals surface area contributed by atoms with Crippen molar-refractivity contribution in [3.63, 3.8) is 0 Å². The van der Waals surface area contributed by atoms with Crippen LogP contribution in [0.15, 0.2) is 59.1 Å². The van der Waals surface area contributed by atoms with E-state index in [1.54, 1.807) is 0 Å². The molecule has 1 atom stereocenters. The number of benzene rings is 2. The average molecular weight is 316 g/mol. The second-order valence-corrected chi connectivity index (χ2v) is 6.21. The van der Waals surface area contributed by atoms with E-state index >= 15 is 0 Å². The van der Waals surface area contributed by atoms with Crippen LogP contribution in [0.25, 0.3) is 0 Å². The lowest BCUT2D eigenvalue weighted by molar-refractivity contribution is 0.100. The highest BCUT2D eigenvalue weighted by atomic mass is 79.9. The van der Waals surface area contributed by atoms with Crippen molar-refractivity contribution in [3.8, 4) is 0 Å². The number of likely N-dealkylation sites (tertiary alicyclic amines) is 1. The molecule has 0 aliphatic carbocycles. The zero-order valence-corrected chi connectivity index (χ0v) is 12.7. The molecule has 1 fully saturated rings. The van der Waals surface area contributed by atoms with Crippen LogP contribution in [-0.4, -0.2) is 18.0 Å². The van der Waals surface area contributed by atoms with E-state index in [0.717, 1.165) is 17.6 Å². The van der Waals surface area contributed by atoms with Crippen molar-refractivity contribution in [3.05, 3.63) is 70.2 Å². The Kier molecular flexibility index (Phi) is 3.72. The van der Waals surface area contributed by atoms with E-state index in [2.05, 4.69) is 82.4 Å². The normalized spacial score (nSPS) is 18.0. The number of rotatable bonds is 3. The Labute approximate surface area is 123 Å². The summed E-state index contributed by atoms with van der Waals surface area (Å²) in [5, 5.41) is 0. The molecule has 98 valence electrons. The maximum Gasteiger partial charge on any atom is 0.0320 e. The van der Waals surface area contributed by atoms with Gasteiger partial charge in [0.15, 0.2) is 0 Å². The molecule has 1 nitrogen and oxygen atoms in total. The molecule has 0 aromatic heterocycles. The first-order valence-electron chi connectivity index (χ1n) is 6.78. The van der Waals surface area contributed by atoms with E-state index in [9.17, 15) is 0 Å². The Hall–Kier alpha value is -1.12. The Morgan fingerprint density at radius 2 is 1.79 bits per heavy atom. The van der Waals surface area contributed by atoms with Crippen LogP contribution >= 0.6 is 15.9 Å². The minimum atomic E-state index is 0.498. The van der Waals surface area contributed by atoms with Crippen molar-refractivity contribution in [2.45, 2.75) is 18.9 Å². The van der Waals surface area contributed by atoms with Gasteiger partial charge in [-0.1, -0.05) is 58.4 Å². The summed E-state index contributed by atoms with van der Waals surface area (Å²) < 4.78 is 1.16. The fraction of sp³-hybridized carbons (Fsp3) is 0.294. The van der Waals surface area contributed by atoms with Gasteiger partial charge in [0.25, 0.3) is 0 Å². The van der Waals surface area contributed by atoms with Gasteiger partial charge in [-0.15, -0.1) is 0 Å². The molecule has 2 aromatic carbocycles. The van der Waals surface area contributed by atoms with E-state index in [1.807, 2.05) is 0 Å². The van der Waals surface area contributed by atoms with Crippen LogP contribution in [0, 0.1) is 0 Å². The van der Waals surface area contributed by atoms with Gasteiger partial charge in [0.2, 0.25) is 0 Å². The third kappa shape index (κ3) is 2.75. The molecule has 0 N–H and O–H groups in total. The first-order chi connectivity index (χ1) is 9.24. The predicted molar refractivity (Wildman–Crippen MR) is 83.3 cm³/mol. The van der Waals surface area contributed by atoms with Gasteiger partial charge < -0.3 is 0 Å². The van der Waals surface area contributed by atoms with Crippen molar-refractivity contribution in [2.75, 3.05) is 13.1 Å². The maximum atomic E-state index is 3.55. The zero-order chi connectivity index (χ0) is 13.2. The Morgan fingerprint density at radius 1 is 1.05 bits per heavy atom. The van der Waals surface area contributed by atoms with Gasteiger partial charge in [0, 0.05) is 29.5 Å². The van der Waals surface area contributed by atoms with Crippen molar-refractivity contribution in [2.24, 2.45) is 0 Å². The summed E-state index contributed by atoms with van der Waals surface area (Å²) in [5.74, 6) is 0.704. The van der Waals surface area contributed by atoms with Gasteiger partial charge >= 0.3 is 0 Å². The summed E-state index contributed by atoms with van der Waals surface area (Å²) in [6, 6.07) is 20.0. The third-order valence-electron chi connectivity index (χ3n) is 4.06. The largest absolute Gasteiger partial charge is 0.295 e. The standard InChI is InChI=1S/C17H18BrN/c1-13(15-8-5-9-17(18)10-15)19-11-16(12-19)14-6-3-2-4-7-14/h2-10,13,16H,11-12H2,1H3. The number of halogens is 1. The second-order valence-electron chi connectivity index (χ2n) is 5.29. The SMILES string of the molecule is CC(c1cccc(Br)c1)N1CC(c2ccccc2)C1. The zero-order valence-electron chi connectivity index (χ0n) is 11.1. The minimum absolute atomic E-state index is 0.498. The topological polar surface area (TPSA) is 3.24 Å². The second kappa shape index (κ2) is 5.48. The Balaban J connectivity index is 1.64. The predicted octanol–water partition coefficient (Wildman–Crippen LogP) is 4.61. The molecule has 0 bridgehead atoms. The average Bonchev–Trinajstić information content (AvgIpc) is 2.38. The van der Waals surface area contributed by atoms with E-state index in [-0.39, 0.29) is 0 Å². The molecule has 1 aliphatic heterocycles. The monoisotopic (exact) mass is 315 g/mol. The fourth-order valence-corrected chi connectivity index (χ4v) is 3.16. The summed E-state index contributed by atoms with van der Waals surface area (Å²) in [4.78, 5) is 2.54. The van der Waals surface area contributed by atoms with E-state index in [4.69, 9.17) is 0 Å². The Bertz CT molecular complexity index is 546. The molecule has 1 heterocycles. The summed E-state index contributed by atoms with van der Waals surface area (Å²) >= 11 is 3.55. The molecule has 0 spiro atoms. The molecular formula is C17H18BrN. The smallest absolute Gasteiger partial charge is 0.0320 e. The van der Waals surface area contributed by atoms with Crippen LogP contribution in [0.4, 0.5) is 0 Å². The first-order valence-corrected chi connectivity index (χ1v) is 7.58. The quantitative estimate of drug-likeness (QED) is 0.799.